The van der Waals surface area contributed by atoms with Gasteiger partial charge in [-0.25, -0.2) is 8.78 Å². The molecule has 0 radical (unpaired) electrons. The molecule has 78 valence electrons. The van der Waals surface area contributed by atoms with E-state index in [4.69, 9.17) is 5.73 Å². The van der Waals surface area contributed by atoms with E-state index in [0.717, 1.165) is 16.9 Å². The standard InChI is InChI=1S/C10H13F2NS/c1-2-7-3-4-14-8(7)9(13)5-10(11,12)6-9/h3-4H,2,5-6,13H2,1H3. The molecular weight excluding hydrogens is 204 g/mol. The third kappa shape index (κ3) is 1.46. The lowest BCUT2D eigenvalue weighted by molar-refractivity contribution is -0.124. The zero-order valence-corrected chi connectivity index (χ0v) is 8.83. The monoisotopic (exact) mass is 217 g/mol. The maximum Gasteiger partial charge on any atom is 0.252 e. The van der Waals surface area contributed by atoms with E-state index in [1.54, 1.807) is 0 Å². The molecule has 4 heteroatoms. The minimum Gasteiger partial charge on any atom is -0.320 e. The smallest absolute Gasteiger partial charge is 0.252 e. The van der Waals surface area contributed by atoms with Crippen LogP contribution in [0.25, 0.3) is 0 Å². The van der Waals surface area contributed by atoms with Gasteiger partial charge in [-0.1, -0.05) is 6.92 Å². The first-order valence-electron chi connectivity index (χ1n) is 4.70. The third-order valence-electron chi connectivity index (χ3n) is 2.73. The molecule has 1 aliphatic carbocycles. The molecule has 0 bridgehead atoms. The first kappa shape index (κ1) is 10.1. The van der Waals surface area contributed by atoms with Gasteiger partial charge in [0, 0.05) is 17.7 Å². The summed E-state index contributed by atoms with van der Waals surface area (Å²) in [6.07, 6.45) is 0.463. The number of aryl methyl sites for hydroxylation is 1. The van der Waals surface area contributed by atoms with Gasteiger partial charge in [-0.15, -0.1) is 11.3 Å². The number of halogens is 2. The van der Waals surface area contributed by atoms with Crippen LogP contribution < -0.4 is 5.73 Å². The lowest BCUT2D eigenvalue weighted by Crippen LogP contribution is -2.55. The van der Waals surface area contributed by atoms with Crippen molar-refractivity contribution < 1.29 is 8.78 Å². The van der Waals surface area contributed by atoms with Crippen molar-refractivity contribution in [2.24, 2.45) is 5.73 Å². The summed E-state index contributed by atoms with van der Waals surface area (Å²) < 4.78 is 25.6. The molecule has 1 nitrogen and oxygen atoms in total. The van der Waals surface area contributed by atoms with Gasteiger partial charge in [0.05, 0.1) is 5.54 Å². The zero-order chi connectivity index (χ0) is 10.4. The maximum absolute atomic E-state index is 12.8. The minimum atomic E-state index is -2.55. The largest absolute Gasteiger partial charge is 0.320 e. The van der Waals surface area contributed by atoms with Gasteiger partial charge >= 0.3 is 0 Å². The molecule has 1 heterocycles. The van der Waals surface area contributed by atoms with Gasteiger partial charge in [-0.3, -0.25) is 0 Å². The van der Waals surface area contributed by atoms with Gasteiger partial charge in [0.2, 0.25) is 0 Å². The molecule has 1 fully saturated rings. The summed E-state index contributed by atoms with van der Waals surface area (Å²) in [7, 11) is 0. The van der Waals surface area contributed by atoms with Crippen molar-refractivity contribution in [2.45, 2.75) is 37.6 Å². The maximum atomic E-state index is 12.8. The predicted octanol–water partition coefficient (Wildman–Crippen LogP) is 2.89. The normalized spacial score (nSPS) is 23.1. The molecule has 1 saturated carbocycles. The van der Waals surface area contributed by atoms with Crippen LogP contribution in [0.2, 0.25) is 0 Å². The van der Waals surface area contributed by atoms with Gasteiger partial charge in [0.15, 0.2) is 0 Å². The summed E-state index contributed by atoms with van der Waals surface area (Å²) in [6, 6.07) is 1.98. The molecule has 14 heavy (non-hydrogen) atoms. The summed E-state index contributed by atoms with van der Waals surface area (Å²) in [6.45, 7) is 2.02. The molecule has 0 saturated heterocycles. The number of thiophene rings is 1. The average Bonchev–Trinajstić information content (AvgIpc) is 2.47. The van der Waals surface area contributed by atoms with Crippen molar-refractivity contribution in [2.75, 3.05) is 0 Å². The van der Waals surface area contributed by atoms with Crippen molar-refractivity contribution in [3.8, 4) is 0 Å². The van der Waals surface area contributed by atoms with E-state index in [1.807, 2.05) is 18.4 Å². The van der Waals surface area contributed by atoms with Crippen LogP contribution in [0.4, 0.5) is 8.78 Å². The van der Waals surface area contributed by atoms with Crippen LogP contribution >= 0.6 is 11.3 Å². The van der Waals surface area contributed by atoms with Crippen LogP contribution in [0, 0.1) is 0 Å². The van der Waals surface area contributed by atoms with Crippen molar-refractivity contribution in [1.82, 2.24) is 0 Å². The Labute approximate surface area is 85.9 Å². The molecule has 0 spiro atoms. The Kier molecular flexibility index (Phi) is 2.16. The fourth-order valence-electron chi connectivity index (χ4n) is 2.08. The molecule has 0 aromatic carbocycles. The van der Waals surface area contributed by atoms with Crippen molar-refractivity contribution in [3.05, 3.63) is 21.9 Å². The number of nitrogens with two attached hydrogens (primary N) is 1. The average molecular weight is 217 g/mol. The molecule has 1 aromatic heterocycles. The van der Waals surface area contributed by atoms with E-state index in [-0.39, 0.29) is 12.8 Å². The molecular formula is C10H13F2NS. The van der Waals surface area contributed by atoms with E-state index >= 15 is 0 Å². The summed E-state index contributed by atoms with van der Waals surface area (Å²) in [5.41, 5.74) is 6.31. The van der Waals surface area contributed by atoms with Crippen LogP contribution in [0.5, 0.6) is 0 Å². The zero-order valence-electron chi connectivity index (χ0n) is 8.02. The summed E-state index contributed by atoms with van der Waals surface area (Å²) in [4.78, 5) is 0.950. The number of hydrogen-bond acceptors (Lipinski definition) is 2. The van der Waals surface area contributed by atoms with E-state index in [2.05, 4.69) is 0 Å². The highest BCUT2D eigenvalue weighted by molar-refractivity contribution is 7.10. The Bertz CT molecular complexity index is 338. The lowest BCUT2D eigenvalue weighted by atomic mass is 9.72. The first-order valence-corrected chi connectivity index (χ1v) is 5.58. The highest BCUT2D eigenvalue weighted by atomic mass is 32.1. The summed E-state index contributed by atoms with van der Waals surface area (Å²) >= 11 is 1.50. The van der Waals surface area contributed by atoms with E-state index in [9.17, 15) is 8.78 Å². The molecule has 2 rings (SSSR count). The fourth-order valence-corrected chi connectivity index (χ4v) is 3.19. The first-order chi connectivity index (χ1) is 6.47. The number of rotatable bonds is 2. The van der Waals surface area contributed by atoms with Gasteiger partial charge in [0.25, 0.3) is 5.92 Å². The van der Waals surface area contributed by atoms with Crippen LogP contribution in [0.1, 0.15) is 30.2 Å². The predicted molar refractivity (Wildman–Crippen MR) is 53.7 cm³/mol. The Morgan fingerprint density at radius 3 is 2.64 bits per heavy atom. The third-order valence-corrected chi connectivity index (χ3v) is 3.90. The van der Waals surface area contributed by atoms with Gasteiger partial charge in [0.1, 0.15) is 0 Å². The van der Waals surface area contributed by atoms with Crippen LogP contribution in [-0.2, 0) is 12.0 Å². The minimum absolute atomic E-state index is 0.201. The van der Waals surface area contributed by atoms with Crippen molar-refractivity contribution in [3.63, 3.8) is 0 Å². The van der Waals surface area contributed by atoms with Crippen molar-refractivity contribution in [1.29, 1.82) is 0 Å². The van der Waals surface area contributed by atoms with Crippen LogP contribution in [-0.4, -0.2) is 5.92 Å². The Morgan fingerprint density at radius 1 is 1.50 bits per heavy atom. The second-order valence-electron chi connectivity index (χ2n) is 3.99. The Balaban J connectivity index is 2.24. The fraction of sp³-hybridized carbons (Fsp3) is 0.600. The topological polar surface area (TPSA) is 26.0 Å². The lowest BCUT2D eigenvalue weighted by Gasteiger charge is -2.44. The SMILES string of the molecule is CCc1ccsc1C1(N)CC(F)(F)C1. The number of alkyl halides is 2. The van der Waals surface area contributed by atoms with E-state index < -0.39 is 11.5 Å². The van der Waals surface area contributed by atoms with Gasteiger partial charge in [-0.2, -0.15) is 0 Å². The quantitative estimate of drug-likeness (QED) is 0.810. The molecule has 0 unspecified atom stereocenters. The van der Waals surface area contributed by atoms with Crippen LogP contribution in [0.15, 0.2) is 11.4 Å². The highest BCUT2D eigenvalue weighted by Crippen LogP contribution is 2.51. The molecule has 0 amide bonds. The molecule has 0 atom stereocenters. The summed E-state index contributed by atoms with van der Waals surface area (Å²) in [5.74, 6) is -2.55. The number of hydrogen-bond donors (Lipinski definition) is 1. The molecule has 1 aromatic rings. The second-order valence-corrected chi connectivity index (χ2v) is 4.91. The van der Waals surface area contributed by atoms with Gasteiger partial charge < -0.3 is 5.73 Å². The van der Waals surface area contributed by atoms with Gasteiger partial charge in [-0.05, 0) is 23.4 Å². The Morgan fingerprint density at radius 2 is 2.14 bits per heavy atom. The highest BCUT2D eigenvalue weighted by Gasteiger charge is 2.56. The van der Waals surface area contributed by atoms with E-state index in [0.29, 0.717) is 0 Å². The molecule has 0 aliphatic heterocycles. The van der Waals surface area contributed by atoms with E-state index in [1.165, 1.54) is 11.3 Å². The van der Waals surface area contributed by atoms with Crippen molar-refractivity contribution >= 4 is 11.3 Å². The summed E-state index contributed by atoms with van der Waals surface area (Å²) in [5, 5.41) is 1.93. The molecule has 2 N–H and O–H groups in total. The van der Waals surface area contributed by atoms with Crippen LogP contribution in [0.3, 0.4) is 0 Å². The Hall–Kier alpha value is -0.480. The molecule has 1 aliphatic rings. The second kappa shape index (κ2) is 3.00.